The predicted octanol–water partition coefficient (Wildman–Crippen LogP) is 4.65. The summed E-state index contributed by atoms with van der Waals surface area (Å²) in [5.74, 6) is -0.152. The summed E-state index contributed by atoms with van der Waals surface area (Å²) in [6, 6.07) is 17.9. The number of rotatable bonds is 12. The standard InChI is InChI=1S/C29H31Cl2N3O6S/c1-3-14-32-29(36)25(15-20-8-5-4-6-9-20)33(17-22-23(30)10-7-11-24(22)31)28(35)18-34(41(2,37)38)21-12-13-26-27(16-21)40-19-39-26/h4-13,16,25H,3,14-15,17-19H2,1-2H3,(H,32,36). The van der Waals surface area contributed by atoms with Gasteiger partial charge in [0.15, 0.2) is 11.5 Å². The van der Waals surface area contributed by atoms with Crippen molar-refractivity contribution < 1.29 is 27.5 Å². The number of carbonyl (C=O) groups excluding carboxylic acids is 2. The summed E-state index contributed by atoms with van der Waals surface area (Å²) in [7, 11) is -3.94. The summed E-state index contributed by atoms with van der Waals surface area (Å²) < 4.78 is 37.6. The van der Waals surface area contributed by atoms with Crippen LogP contribution in [-0.2, 0) is 32.6 Å². The van der Waals surface area contributed by atoms with Crippen LogP contribution in [0, 0.1) is 0 Å². The van der Waals surface area contributed by atoms with Crippen molar-refractivity contribution in [3.63, 3.8) is 0 Å². The molecule has 12 heteroatoms. The molecule has 9 nitrogen and oxygen atoms in total. The van der Waals surface area contributed by atoms with Crippen LogP contribution in [0.5, 0.6) is 11.5 Å². The summed E-state index contributed by atoms with van der Waals surface area (Å²) >= 11 is 13.0. The van der Waals surface area contributed by atoms with Crippen molar-refractivity contribution in [2.75, 3.05) is 30.4 Å². The number of hydrogen-bond acceptors (Lipinski definition) is 6. The Morgan fingerprint density at radius 1 is 0.976 bits per heavy atom. The maximum absolute atomic E-state index is 14.1. The second-order valence-corrected chi connectivity index (χ2v) is 12.2. The number of fused-ring (bicyclic) bond motifs is 1. The van der Waals surface area contributed by atoms with Crippen LogP contribution in [0.2, 0.25) is 10.0 Å². The van der Waals surface area contributed by atoms with Crippen molar-refractivity contribution >= 4 is 50.7 Å². The van der Waals surface area contributed by atoms with Crippen molar-refractivity contribution in [2.24, 2.45) is 0 Å². The molecule has 41 heavy (non-hydrogen) atoms. The Morgan fingerprint density at radius 2 is 1.66 bits per heavy atom. The molecule has 0 saturated heterocycles. The number of hydrogen-bond donors (Lipinski definition) is 1. The van der Waals surface area contributed by atoms with E-state index in [0.29, 0.717) is 40.1 Å². The number of sulfonamides is 1. The fourth-order valence-corrected chi connectivity index (χ4v) is 5.79. The zero-order valence-electron chi connectivity index (χ0n) is 22.7. The van der Waals surface area contributed by atoms with E-state index in [1.807, 2.05) is 37.3 Å². The predicted molar refractivity (Wildman–Crippen MR) is 159 cm³/mol. The van der Waals surface area contributed by atoms with Crippen molar-refractivity contribution in [1.29, 1.82) is 0 Å². The lowest BCUT2D eigenvalue weighted by atomic mass is 10.0. The Kier molecular flexibility index (Phi) is 10.0. The van der Waals surface area contributed by atoms with Crippen molar-refractivity contribution in [2.45, 2.75) is 32.4 Å². The summed E-state index contributed by atoms with van der Waals surface area (Å²) in [5, 5.41) is 3.52. The van der Waals surface area contributed by atoms with E-state index in [2.05, 4.69) is 5.32 Å². The molecule has 0 radical (unpaired) electrons. The minimum atomic E-state index is -3.94. The van der Waals surface area contributed by atoms with Gasteiger partial charge in [0.2, 0.25) is 28.6 Å². The number of carbonyl (C=O) groups is 2. The highest BCUT2D eigenvalue weighted by Gasteiger charge is 2.34. The van der Waals surface area contributed by atoms with Crippen LogP contribution >= 0.6 is 23.2 Å². The molecule has 0 aromatic heterocycles. The molecule has 1 unspecified atom stereocenters. The molecule has 1 heterocycles. The van der Waals surface area contributed by atoms with Crippen molar-refractivity contribution in [3.8, 4) is 11.5 Å². The van der Waals surface area contributed by atoms with E-state index in [1.54, 1.807) is 24.3 Å². The zero-order chi connectivity index (χ0) is 29.6. The highest BCUT2D eigenvalue weighted by molar-refractivity contribution is 7.92. The maximum Gasteiger partial charge on any atom is 0.244 e. The molecular weight excluding hydrogens is 589 g/mol. The van der Waals surface area contributed by atoms with Crippen LogP contribution in [0.3, 0.4) is 0 Å². The van der Waals surface area contributed by atoms with Gasteiger partial charge < -0.3 is 19.7 Å². The SMILES string of the molecule is CCCNC(=O)C(Cc1ccccc1)N(Cc1c(Cl)cccc1Cl)C(=O)CN(c1ccc2c(c1)OCO2)S(C)(=O)=O. The summed E-state index contributed by atoms with van der Waals surface area (Å²) in [5.41, 5.74) is 1.48. The topological polar surface area (TPSA) is 105 Å². The van der Waals surface area contributed by atoms with E-state index < -0.39 is 28.5 Å². The fraction of sp³-hybridized carbons (Fsp3) is 0.310. The van der Waals surface area contributed by atoms with E-state index in [1.165, 1.54) is 17.0 Å². The van der Waals surface area contributed by atoms with Crippen molar-refractivity contribution in [1.82, 2.24) is 10.2 Å². The first kappa shape index (κ1) is 30.5. The first-order valence-electron chi connectivity index (χ1n) is 13.0. The molecule has 1 aliphatic heterocycles. The Labute approximate surface area is 250 Å². The van der Waals surface area contributed by atoms with Gasteiger partial charge in [-0.25, -0.2) is 8.42 Å². The lowest BCUT2D eigenvalue weighted by Crippen LogP contribution is -2.53. The third-order valence-electron chi connectivity index (χ3n) is 6.53. The van der Waals surface area contributed by atoms with Crippen LogP contribution in [0.25, 0.3) is 0 Å². The number of halogens is 2. The van der Waals surface area contributed by atoms with Crippen LogP contribution in [0.15, 0.2) is 66.7 Å². The van der Waals surface area contributed by atoms with Gasteiger partial charge in [-0.3, -0.25) is 13.9 Å². The Balaban J connectivity index is 1.75. The highest BCUT2D eigenvalue weighted by atomic mass is 35.5. The number of benzene rings is 3. The molecule has 4 rings (SSSR count). The van der Waals surface area contributed by atoms with Gasteiger partial charge in [-0.2, -0.15) is 0 Å². The second-order valence-electron chi connectivity index (χ2n) is 9.53. The molecule has 2 amide bonds. The molecule has 0 fully saturated rings. The van der Waals surface area contributed by atoms with Gasteiger partial charge in [0.05, 0.1) is 11.9 Å². The first-order valence-corrected chi connectivity index (χ1v) is 15.6. The van der Waals surface area contributed by atoms with Gasteiger partial charge in [0, 0.05) is 41.2 Å². The van der Waals surface area contributed by atoms with E-state index in [0.717, 1.165) is 16.1 Å². The number of amides is 2. The van der Waals surface area contributed by atoms with Gasteiger partial charge in [0.25, 0.3) is 0 Å². The third-order valence-corrected chi connectivity index (χ3v) is 8.38. The van der Waals surface area contributed by atoms with Crippen LogP contribution < -0.4 is 19.1 Å². The average Bonchev–Trinajstić information content (AvgIpc) is 3.41. The van der Waals surface area contributed by atoms with E-state index >= 15 is 0 Å². The van der Waals surface area contributed by atoms with E-state index in [-0.39, 0.29) is 31.4 Å². The molecule has 1 atom stereocenters. The molecule has 218 valence electrons. The van der Waals surface area contributed by atoms with Crippen LogP contribution in [-0.4, -0.2) is 57.3 Å². The number of anilines is 1. The number of nitrogens with zero attached hydrogens (tertiary/aromatic N) is 2. The number of ether oxygens (including phenoxy) is 2. The fourth-order valence-electron chi connectivity index (χ4n) is 4.43. The largest absolute Gasteiger partial charge is 0.454 e. The maximum atomic E-state index is 14.1. The summed E-state index contributed by atoms with van der Waals surface area (Å²) in [6.45, 7) is 1.65. The van der Waals surface area contributed by atoms with Gasteiger partial charge in [0.1, 0.15) is 12.6 Å². The van der Waals surface area contributed by atoms with Crippen molar-refractivity contribution in [3.05, 3.63) is 87.9 Å². The molecule has 3 aromatic carbocycles. The first-order chi connectivity index (χ1) is 19.6. The summed E-state index contributed by atoms with van der Waals surface area (Å²) in [6.07, 6.45) is 1.89. The van der Waals surface area contributed by atoms with Gasteiger partial charge >= 0.3 is 0 Å². The highest BCUT2D eigenvalue weighted by Crippen LogP contribution is 2.36. The van der Waals surface area contributed by atoms with Crippen LogP contribution in [0.4, 0.5) is 5.69 Å². The summed E-state index contributed by atoms with van der Waals surface area (Å²) in [4.78, 5) is 29.0. The zero-order valence-corrected chi connectivity index (χ0v) is 25.0. The Morgan fingerprint density at radius 3 is 2.32 bits per heavy atom. The smallest absolute Gasteiger partial charge is 0.244 e. The molecule has 0 bridgehead atoms. The molecule has 0 aliphatic carbocycles. The van der Waals surface area contributed by atoms with E-state index in [4.69, 9.17) is 32.7 Å². The second kappa shape index (κ2) is 13.5. The Hall–Kier alpha value is -3.47. The minimum Gasteiger partial charge on any atom is -0.454 e. The Bertz CT molecular complexity index is 1480. The molecule has 0 saturated carbocycles. The third kappa shape index (κ3) is 7.63. The average molecular weight is 621 g/mol. The van der Waals surface area contributed by atoms with Gasteiger partial charge in [-0.15, -0.1) is 0 Å². The lowest BCUT2D eigenvalue weighted by Gasteiger charge is -2.34. The van der Waals surface area contributed by atoms with Crippen LogP contribution in [0.1, 0.15) is 24.5 Å². The lowest BCUT2D eigenvalue weighted by molar-refractivity contribution is -0.140. The minimum absolute atomic E-state index is 0.0109. The quantitative estimate of drug-likeness (QED) is 0.316. The molecule has 0 spiro atoms. The molecule has 3 aromatic rings. The molecule has 1 N–H and O–H groups in total. The normalized spacial score (nSPS) is 13.0. The van der Waals surface area contributed by atoms with E-state index in [9.17, 15) is 18.0 Å². The monoisotopic (exact) mass is 619 g/mol. The van der Waals surface area contributed by atoms with Gasteiger partial charge in [-0.1, -0.05) is 66.5 Å². The van der Waals surface area contributed by atoms with Gasteiger partial charge in [-0.05, 0) is 36.2 Å². The number of nitrogens with one attached hydrogen (secondary N) is 1. The molecule has 1 aliphatic rings. The molecular formula is C29H31Cl2N3O6S.